The van der Waals surface area contributed by atoms with Crippen molar-refractivity contribution >= 4 is 33.4 Å². The Morgan fingerprint density at radius 3 is 2.76 bits per heavy atom. The second kappa shape index (κ2) is 8.13. The van der Waals surface area contributed by atoms with Gasteiger partial charge in [0.25, 0.3) is 5.91 Å². The van der Waals surface area contributed by atoms with E-state index >= 15 is 0 Å². The Morgan fingerprint density at radius 1 is 1.16 bits per heavy atom. The van der Waals surface area contributed by atoms with Crippen LogP contribution < -0.4 is 4.74 Å². The first-order valence-electron chi connectivity index (χ1n) is 8.77. The SMILES string of the molecule is O=C1CCC(N2Cc3cc(OCCCCCBr)ccc3C2=O)C(=O)C1. The normalized spacial score (nSPS) is 20.1. The number of amides is 1. The van der Waals surface area contributed by atoms with Crippen LogP contribution in [0, 0.1) is 0 Å². The monoisotopic (exact) mass is 407 g/mol. The molecule has 1 heterocycles. The zero-order valence-corrected chi connectivity index (χ0v) is 15.7. The molecule has 1 amide bonds. The highest BCUT2D eigenvalue weighted by atomic mass is 79.9. The molecule has 0 spiro atoms. The molecule has 1 unspecified atom stereocenters. The minimum absolute atomic E-state index is 0.0268. The summed E-state index contributed by atoms with van der Waals surface area (Å²) in [4.78, 5) is 37.8. The number of ether oxygens (including phenoxy) is 1. The fourth-order valence-electron chi connectivity index (χ4n) is 3.41. The Kier molecular flexibility index (Phi) is 5.89. The molecule has 0 radical (unpaired) electrons. The van der Waals surface area contributed by atoms with Crippen molar-refractivity contribution in [1.82, 2.24) is 4.90 Å². The Bertz CT molecular complexity index is 688. The van der Waals surface area contributed by atoms with Crippen molar-refractivity contribution in [2.45, 2.75) is 51.1 Å². The van der Waals surface area contributed by atoms with Gasteiger partial charge in [-0.3, -0.25) is 14.4 Å². The van der Waals surface area contributed by atoms with Gasteiger partial charge in [-0.15, -0.1) is 0 Å². The Labute approximate surface area is 155 Å². The number of carbonyl (C=O) groups is 3. The maximum absolute atomic E-state index is 12.6. The molecule has 25 heavy (non-hydrogen) atoms. The number of alkyl halides is 1. The summed E-state index contributed by atoms with van der Waals surface area (Å²) in [6.07, 6.45) is 4.01. The second-order valence-electron chi connectivity index (χ2n) is 6.59. The zero-order chi connectivity index (χ0) is 17.8. The quantitative estimate of drug-likeness (QED) is 0.395. The highest BCUT2D eigenvalue weighted by Gasteiger charge is 2.38. The van der Waals surface area contributed by atoms with Crippen molar-refractivity contribution in [1.29, 1.82) is 0 Å². The number of Topliss-reactive ketones (excluding diaryl/α,β-unsaturated/α-hetero) is 2. The predicted molar refractivity (Wildman–Crippen MR) is 97.1 cm³/mol. The molecule has 0 bridgehead atoms. The molecule has 1 aliphatic heterocycles. The second-order valence-corrected chi connectivity index (χ2v) is 7.38. The summed E-state index contributed by atoms with van der Waals surface area (Å²) in [7, 11) is 0. The summed E-state index contributed by atoms with van der Waals surface area (Å²) < 4.78 is 5.77. The van der Waals surface area contributed by atoms with E-state index in [2.05, 4.69) is 15.9 Å². The summed E-state index contributed by atoms with van der Waals surface area (Å²) >= 11 is 3.41. The van der Waals surface area contributed by atoms with Crippen LogP contribution >= 0.6 is 15.9 Å². The van der Waals surface area contributed by atoms with Crippen LogP contribution in [0.2, 0.25) is 0 Å². The predicted octanol–water partition coefficient (Wildman–Crippen LogP) is 3.28. The summed E-state index contributed by atoms with van der Waals surface area (Å²) in [6, 6.07) is 5.03. The van der Waals surface area contributed by atoms with Crippen LogP contribution in [0.15, 0.2) is 18.2 Å². The highest BCUT2D eigenvalue weighted by Crippen LogP contribution is 2.31. The molecule has 1 aromatic rings. The van der Waals surface area contributed by atoms with Gasteiger partial charge in [0, 0.05) is 23.9 Å². The molecular formula is C19H22BrNO4. The van der Waals surface area contributed by atoms with Crippen molar-refractivity contribution in [3.8, 4) is 5.75 Å². The van der Waals surface area contributed by atoms with Crippen molar-refractivity contribution < 1.29 is 19.1 Å². The smallest absolute Gasteiger partial charge is 0.255 e. The third kappa shape index (κ3) is 4.11. The third-order valence-electron chi connectivity index (χ3n) is 4.77. The van der Waals surface area contributed by atoms with Gasteiger partial charge in [-0.2, -0.15) is 0 Å². The molecule has 1 aliphatic carbocycles. The minimum Gasteiger partial charge on any atom is -0.494 e. The van der Waals surface area contributed by atoms with Crippen LogP contribution in [0.3, 0.4) is 0 Å². The van der Waals surface area contributed by atoms with E-state index in [1.807, 2.05) is 12.1 Å². The molecular weight excluding hydrogens is 386 g/mol. The van der Waals surface area contributed by atoms with E-state index < -0.39 is 6.04 Å². The van der Waals surface area contributed by atoms with Crippen LogP contribution in [-0.4, -0.2) is 40.4 Å². The van der Waals surface area contributed by atoms with Crippen molar-refractivity contribution in [2.75, 3.05) is 11.9 Å². The van der Waals surface area contributed by atoms with E-state index in [-0.39, 0.29) is 23.9 Å². The number of carbonyl (C=O) groups excluding carboxylic acids is 3. The van der Waals surface area contributed by atoms with Crippen molar-refractivity contribution in [2.24, 2.45) is 0 Å². The molecule has 0 aromatic heterocycles. The van der Waals surface area contributed by atoms with Gasteiger partial charge in [0.05, 0.1) is 19.1 Å². The van der Waals surface area contributed by atoms with Gasteiger partial charge in [0.1, 0.15) is 11.5 Å². The Morgan fingerprint density at radius 2 is 2.00 bits per heavy atom. The number of hydrogen-bond acceptors (Lipinski definition) is 4. The largest absolute Gasteiger partial charge is 0.494 e. The molecule has 2 aliphatic rings. The number of hydrogen-bond donors (Lipinski definition) is 0. The van der Waals surface area contributed by atoms with Gasteiger partial charge < -0.3 is 9.64 Å². The first kappa shape index (κ1) is 18.1. The lowest BCUT2D eigenvalue weighted by Gasteiger charge is -2.29. The van der Waals surface area contributed by atoms with Gasteiger partial charge >= 0.3 is 0 Å². The molecule has 1 atom stereocenters. The van der Waals surface area contributed by atoms with Gasteiger partial charge in [-0.25, -0.2) is 0 Å². The number of rotatable bonds is 7. The first-order valence-corrected chi connectivity index (χ1v) is 9.89. The fraction of sp³-hybridized carbons (Fsp3) is 0.526. The van der Waals surface area contributed by atoms with E-state index in [0.717, 1.165) is 35.9 Å². The van der Waals surface area contributed by atoms with E-state index in [0.29, 0.717) is 31.6 Å². The average Bonchev–Trinajstić information content (AvgIpc) is 2.91. The van der Waals surface area contributed by atoms with E-state index in [1.165, 1.54) is 0 Å². The molecule has 1 fully saturated rings. The van der Waals surface area contributed by atoms with E-state index in [9.17, 15) is 14.4 Å². The van der Waals surface area contributed by atoms with E-state index in [1.54, 1.807) is 11.0 Å². The maximum atomic E-state index is 12.6. The van der Waals surface area contributed by atoms with Crippen LogP contribution in [0.1, 0.15) is 54.4 Å². The molecule has 134 valence electrons. The first-order chi connectivity index (χ1) is 12.1. The summed E-state index contributed by atoms with van der Waals surface area (Å²) in [5.74, 6) is 0.477. The maximum Gasteiger partial charge on any atom is 0.255 e. The van der Waals surface area contributed by atoms with Crippen LogP contribution in [0.5, 0.6) is 5.75 Å². The standard InChI is InChI=1S/C19H22BrNO4/c20-8-2-1-3-9-25-15-5-6-16-13(10-15)12-21(19(16)24)17-7-4-14(22)11-18(17)23/h5-6,10,17H,1-4,7-9,11-12H2. The minimum atomic E-state index is -0.466. The summed E-state index contributed by atoms with van der Waals surface area (Å²) in [6.45, 7) is 1.08. The van der Waals surface area contributed by atoms with Gasteiger partial charge in [-0.05, 0) is 49.4 Å². The number of benzene rings is 1. The number of ketones is 2. The van der Waals surface area contributed by atoms with E-state index in [4.69, 9.17) is 4.74 Å². The van der Waals surface area contributed by atoms with Crippen LogP contribution in [0.25, 0.3) is 0 Å². The Hall–Kier alpha value is -1.69. The van der Waals surface area contributed by atoms with Crippen LogP contribution in [-0.2, 0) is 16.1 Å². The Balaban J connectivity index is 1.63. The average molecular weight is 408 g/mol. The van der Waals surface area contributed by atoms with Crippen molar-refractivity contribution in [3.05, 3.63) is 29.3 Å². The lowest BCUT2D eigenvalue weighted by atomic mass is 9.92. The number of halogens is 1. The lowest BCUT2D eigenvalue weighted by Crippen LogP contribution is -2.44. The highest BCUT2D eigenvalue weighted by molar-refractivity contribution is 9.09. The molecule has 0 saturated heterocycles. The topological polar surface area (TPSA) is 63.7 Å². The summed E-state index contributed by atoms with van der Waals surface area (Å²) in [5.41, 5.74) is 1.53. The summed E-state index contributed by atoms with van der Waals surface area (Å²) in [5, 5.41) is 1.01. The molecule has 5 nitrogen and oxygen atoms in total. The third-order valence-corrected chi connectivity index (χ3v) is 5.33. The number of fused-ring (bicyclic) bond motifs is 1. The fourth-order valence-corrected chi connectivity index (χ4v) is 3.81. The molecule has 1 aromatic carbocycles. The molecule has 3 rings (SSSR count). The number of nitrogens with zero attached hydrogens (tertiary/aromatic N) is 1. The van der Waals surface area contributed by atoms with Crippen molar-refractivity contribution in [3.63, 3.8) is 0 Å². The van der Waals surface area contributed by atoms with Crippen LogP contribution in [0.4, 0.5) is 0 Å². The van der Waals surface area contributed by atoms with Gasteiger partial charge in [-0.1, -0.05) is 15.9 Å². The molecule has 1 saturated carbocycles. The number of unbranched alkanes of at least 4 members (excludes halogenated alkanes) is 2. The molecule has 6 heteroatoms. The van der Waals surface area contributed by atoms with Gasteiger partial charge in [0.2, 0.25) is 0 Å². The molecule has 0 N–H and O–H groups in total. The lowest BCUT2D eigenvalue weighted by molar-refractivity contribution is -0.133. The zero-order valence-electron chi connectivity index (χ0n) is 14.1. The van der Waals surface area contributed by atoms with Gasteiger partial charge in [0.15, 0.2) is 5.78 Å².